The van der Waals surface area contributed by atoms with Crippen molar-refractivity contribution in [2.45, 2.75) is 58.3 Å². The largest absolute Gasteiger partial charge is 0.339 e. The van der Waals surface area contributed by atoms with Crippen LogP contribution in [0.4, 0.5) is 0 Å². The van der Waals surface area contributed by atoms with Gasteiger partial charge in [0.2, 0.25) is 0 Å². The van der Waals surface area contributed by atoms with Gasteiger partial charge >= 0.3 is 0 Å². The SMILES string of the molecule is C=C1N=C(CC2(c3cccc(C)c3C)CCCC2)N2CCN(C)C(=O)C2=C1C. The summed E-state index contributed by atoms with van der Waals surface area (Å²) in [4.78, 5) is 21.8. The first-order valence-corrected chi connectivity index (χ1v) is 10.4. The number of hydrogen-bond donors (Lipinski definition) is 0. The number of amidine groups is 1. The maximum absolute atomic E-state index is 12.9. The molecule has 1 aromatic carbocycles. The van der Waals surface area contributed by atoms with Gasteiger partial charge in [0.15, 0.2) is 0 Å². The quantitative estimate of drug-likeness (QED) is 0.779. The zero-order valence-electron chi connectivity index (χ0n) is 17.6. The number of benzene rings is 1. The second-order valence-electron chi connectivity index (χ2n) is 8.74. The Morgan fingerprint density at radius 1 is 1.14 bits per heavy atom. The molecule has 0 unspecified atom stereocenters. The summed E-state index contributed by atoms with van der Waals surface area (Å²) in [5.41, 5.74) is 6.75. The molecule has 1 saturated heterocycles. The van der Waals surface area contributed by atoms with Gasteiger partial charge in [0, 0.05) is 37.5 Å². The number of hydrogen-bond acceptors (Lipinski definition) is 3. The van der Waals surface area contributed by atoms with Crippen molar-refractivity contribution in [1.82, 2.24) is 9.80 Å². The van der Waals surface area contributed by atoms with Gasteiger partial charge < -0.3 is 9.80 Å². The minimum atomic E-state index is 0.0875. The molecule has 2 fully saturated rings. The molecule has 0 aromatic heterocycles. The molecule has 0 N–H and O–H groups in total. The Morgan fingerprint density at radius 3 is 2.57 bits per heavy atom. The topological polar surface area (TPSA) is 35.9 Å². The van der Waals surface area contributed by atoms with E-state index in [1.54, 1.807) is 0 Å². The summed E-state index contributed by atoms with van der Waals surface area (Å²) in [6.07, 6.45) is 5.76. The van der Waals surface area contributed by atoms with Crippen LogP contribution < -0.4 is 0 Å². The van der Waals surface area contributed by atoms with Gasteiger partial charge in [-0.2, -0.15) is 0 Å². The van der Waals surface area contributed by atoms with E-state index >= 15 is 0 Å². The van der Waals surface area contributed by atoms with Crippen LogP contribution in [-0.4, -0.2) is 41.7 Å². The fourth-order valence-corrected chi connectivity index (χ4v) is 5.17. The molecule has 0 atom stereocenters. The van der Waals surface area contributed by atoms with Crippen molar-refractivity contribution < 1.29 is 4.79 Å². The Kier molecular flexibility index (Phi) is 4.68. The first-order valence-electron chi connectivity index (χ1n) is 10.4. The molecule has 28 heavy (non-hydrogen) atoms. The van der Waals surface area contributed by atoms with Crippen LogP contribution in [0, 0.1) is 13.8 Å². The molecule has 0 spiro atoms. The van der Waals surface area contributed by atoms with E-state index in [-0.39, 0.29) is 11.3 Å². The molecule has 1 aromatic rings. The first-order chi connectivity index (χ1) is 13.3. The summed E-state index contributed by atoms with van der Waals surface area (Å²) in [5, 5.41) is 0. The monoisotopic (exact) mass is 377 g/mol. The second kappa shape index (κ2) is 6.91. The molecule has 0 bridgehead atoms. The van der Waals surface area contributed by atoms with Gasteiger partial charge in [0.1, 0.15) is 11.5 Å². The molecule has 1 amide bonds. The molecular formula is C24H31N3O. The zero-order chi connectivity index (χ0) is 20.1. The van der Waals surface area contributed by atoms with Gasteiger partial charge in [-0.05, 0) is 50.3 Å². The van der Waals surface area contributed by atoms with Crippen molar-refractivity contribution in [2.24, 2.45) is 4.99 Å². The summed E-state index contributed by atoms with van der Waals surface area (Å²) in [6.45, 7) is 12.1. The number of allylic oxidation sites excluding steroid dienone is 1. The molecule has 2 aliphatic heterocycles. The zero-order valence-corrected chi connectivity index (χ0v) is 17.6. The lowest BCUT2D eigenvalue weighted by Gasteiger charge is -2.42. The fraction of sp³-hybridized carbons (Fsp3) is 0.500. The Morgan fingerprint density at radius 2 is 1.86 bits per heavy atom. The Balaban J connectivity index is 1.74. The highest BCUT2D eigenvalue weighted by Gasteiger charge is 2.42. The van der Waals surface area contributed by atoms with E-state index in [2.05, 4.69) is 43.5 Å². The number of fused-ring (bicyclic) bond motifs is 1. The van der Waals surface area contributed by atoms with E-state index in [0.717, 1.165) is 42.3 Å². The molecule has 4 nitrogen and oxygen atoms in total. The molecule has 4 rings (SSSR count). The van der Waals surface area contributed by atoms with E-state index in [4.69, 9.17) is 4.99 Å². The highest BCUT2D eigenvalue weighted by atomic mass is 16.2. The third kappa shape index (κ3) is 2.90. The standard InChI is InChI=1S/C24H31N3O/c1-16-9-8-10-20(17(16)2)24(11-6-7-12-24)15-21-25-19(4)18(3)22-23(28)26(5)13-14-27(21)22/h8-10H,4,6-7,11-15H2,1-3,5H3. The second-order valence-corrected chi connectivity index (χ2v) is 8.74. The van der Waals surface area contributed by atoms with Crippen LogP contribution in [0.3, 0.4) is 0 Å². The third-order valence-corrected chi connectivity index (χ3v) is 7.08. The summed E-state index contributed by atoms with van der Waals surface area (Å²) < 4.78 is 0. The minimum absolute atomic E-state index is 0.0875. The Bertz CT molecular complexity index is 902. The lowest BCUT2D eigenvalue weighted by Crippen LogP contribution is -2.51. The third-order valence-electron chi connectivity index (χ3n) is 7.08. The van der Waals surface area contributed by atoms with Crippen LogP contribution in [0.2, 0.25) is 0 Å². The lowest BCUT2D eigenvalue weighted by atomic mass is 9.73. The van der Waals surface area contributed by atoms with Crippen LogP contribution in [0.15, 0.2) is 46.7 Å². The van der Waals surface area contributed by atoms with Gasteiger partial charge in [0.25, 0.3) is 5.91 Å². The number of carbonyl (C=O) groups excluding carboxylic acids is 1. The molecule has 148 valence electrons. The van der Waals surface area contributed by atoms with Gasteiger partial charge in [-0.3, -0.25) is 4.79 Å². The number of amides is 1. The average molecular weight is 378 g/mol. The van der Waals surface area contributed by atoms with Crippen molar-refractivity contribution in [3.63, 3.8) is 0 Å². The molecule has 3 aliphatic rings. The number of aliphatic imine (C=N–C) groups is 1. The van der Waals surface area contributed by atoms with Crippen LogP contribution in [0.25, 0.3) is 0 Å². The van der Waals surface area contributed by atoms with E-state index < -0.39 is 0 Å². The van der Waals surface area contributed by atoms with Crippen molar-refractivity contribution in [1.29, 1.82) is 0 Å². The lowest BCUT2D eigenvalue weighted by molar-refractivity contribution is -0.129. The number of rotatable bonds is 3. The van der Waals surface area contributed by atoms with Crippen LogP contribution in [-0.2, 0) is 10.2 Å². The highest BCUT2D eigenvalue weighted by Crippen LogP contribution is 2.47. The average Bonchev–Trinajstić information content (AvgIpc) is 3.13. The number of likely N-dealkylation sites (N-methyl/N-ethyl adjacent to an activating group) is 1. The van der Waals surface area contributed by atoms with Gasteiger partial charge in [0.05, 0.1) is 5.70 Å². The molecule has 1 aliphatic carbocycles. The van der Waals surface area contributed by atoms with Gasteiger partial charge in [-0.15, -0.1) is 0 Å². The normalized spacial score (nSPS) is 21.9. The van der Waals surface area contributed by atoms with Crippen LogP contribution in [0.1, 0.15) is 55.7 Å². The Hall–Kier alpha value is -2.36. The summed E-state index contributed by atoms with van der Waals surface area (Å²) >= 11 is 0. The van der Waals surface area contributed by atoms with E-state index in [1.165, 1.54) is 42.4 Å². The maximum Gasteiger partial charge on any atom is 0.270 e. The summed E-state index contributed by atoms with van der Waals surface area (Å²) in [6, 6.07) is 6.70. The van der Waals surface area contributed by atoms with Crippen molar-refractivity contribution in [2.75, 3.05) is 20.1 Å². The summed E-state index contributed by atoms with van der Waals surface area (Å²) in [5.74, 6) is 1.11. The van der Waals surface area contributed by atoms with E-state index in [0.29, 0.717) is 0 Å². The van der Waals surface area contributed by atoms with Crippen molar-refractivity contribution in [3.8, 4) is 0 Å². The predicted molar refractivity (Wildman–Crippen MR) is 114 cm³/mol. The Labute approximate surface area is 168 Å². The molecule has 0 radical (unpaired) electrons. The molecule has 1 saturated carbocycles. The first kappa shape index (κ1) is 19.0. The molecular weight excluding hydrogens is 346 g/mol. The van der Waals surface area contributed by atoms with Crippen molar-refractivity contribution >= 4 is 11.7 Å². The van der Waals surface area contributed by atoms with E-state index in [1.807, 2.05) is 18.9 Å². The molecule has 4 heteroatoms. The number of carbonyl (C=O) groups is 1. The van der Waals surface area contributed by atoms with Crippen LogP contribution >= 0.6 is 0 Å². The fourth-order valence-electron chi connectivity index (χ4n) is 5.17. The van der Waals surface area contributed by atoms with E-state index in [9.17, 15) is 4.79 Å². The highest BCUT2D eigenvalue weighted by molar-refractivity contribution is 6.02. The maximum atomic E-state index is 12.9. The number of nitrogens with zero attached hydrogens (tertiary/aromatic N) is 3. The van der Waals surface area contributed by atoms with Crippen molar-refractivity contribution in [3.05, 3.63) is 58.4 Å². The van der Waals surface area contributed by atoms with Crippen LogP contribution in [0.5, 0.6) is 0 Å². The minimum Gasteiger partial charge on any atom is -0.339 e. The van der Waals surface area contributed by atoms with Gasteiger partial charge in [-0.25, -0.2) is 4.99 Å². The summed E-state index contributed by atoms with van der Waals surface area (Å²) in [7, 11) is 1.88. The number of aryl methyl sites for hydroxylation is 1. The number of piperazine rings is 1. The molecule has 2 heterocycles. The predicted octanol–water partition coefficient (Wildman–Crippen LogP) is 4.48. The van der Waals surface area contributed by atoms with Gasteiger partial charge in [-0.1, -0.05) is 37.6 Å². The smallest absolute Gasteiger partial charge is 0.270 e.